The van der Waals surface area contributed by atoms with E-state index in [2.05, 4.69) is 4.98 Å². The molecule has 0 saturated carbocycles. The van der Waals surface area contributed by atoms with Crippen molar-refractivity contribution in [2.24, 2.45) is 0 Å². The van der Waals surface area contributed by atoms with Gasteiger partial charge in [0.05, 0.1) is 5.69 Å². The number of amides is 1. The van der Waals surface area contributed by atoms with E-state index in [1.165, 1.54) is 0 Å². The maximum atomic E-state index is 12.1. The third kappa shape index (κ3) is 3.73. The van der Waals surface area contributed by atoms with Crippen molar-refractivity contribution < 1.29 is 14.3 Å². The van der Waals surface area contributed by atoms with E-state index in [9.17, 15) is 4.79 Å². The third-order valence-corrected chi connectivity index (χ3v) is 3.75. The van der Waals surface area contributed by atoms with E-state index in [4.69, 9.17) is 9.47 Å². The van der Waals surface area contributed by atoms with Gasteiger partial charge in [0.25, 0.3) is 0 Å². The van der Waals surface area contributed by atoms with Crippen LogP contribution in [0.25, 0.3) is 0 Å². The second-order valence-corrected chi connectivity index (χ2v) is 6.38. The average Bonchev–Trinajstić information content (AvgIpc) is 2.46. The Kier molecular flexibility index (Phi) is 4.52. The highest BCUT2D eigenvalue weighted by Crippen LogP contribution is 2.35. The highest BCUT2D eigenvalue weighted by atomic mass is 16.6. The minimum Gasteiger partial charge on any atom is -0.444 e. The van der Waals surface area contributed by atoms with Crippen LogP contribution in [0.15, 0.2) is 24.4 Å². The first-order chi connectivity index (χ1) is 9.86. The summed E-state index contributed by atoms with van der Waals surface area (Å²) < 4.78 is 11.2. The van der Waals surface area contributed by atoms with Crippen LogP contribution in [0.4, 0.5) is 4.79 Å². The fourth-order valence-electron chi connectivity index (χ4n) is 2.57. The van der Waals surface area contributed by atoms with Crippen LogP contribution in [0.2, 0.25) is 0 Å². The first-order valence-corrected chi connectivity index (χ1v) is 7.31. The number of carbonyl (C=O) groups excluding carboxylic acids is 1. The largest absolute Gasteiger partial charge is 0.444 e. The van der Waals surface area contributed by atoms with E-state index in [0.717, 1.165) is 18.5 Å². The molecule has 2 rings (SSSR count). The van der Waals surface area contributed by atoms with Gasteiger partial charge in [-0.05, 0) is 45.7 Å². The molecule has 0 N–H and O–H groups in total. The molecule has 0 radical (unpaired) electrons. The molecule has 5 nitrogen and oxygen atoms in total. The number of nitrogens with zero attached hydrogens (tertiary/aromatic N) is 2. The van der Waals surface area contributed by atoms with Gasteiger partial charge in [0.1, 0.15) is 11.2 Å². The fraction of sp³-hybridized carbons (Fsp3) is 0.625. The minimum absolute atomic E-state index is 0.256. The van der Waals surface area contributed by atoms with E-state index < -0.39 is 11.2 Å². The number of likely N-dealkylation sites (tertiary alicyclic amines) is 1. The van der Waals surface area contributed by atoms with Crippen molar-refractivity contribution in [1.82, 2.24) is 9.88 Å². The van der Waals surface area contributed by atoms with Crippen LogP contribution in [-0.2, 0) is 15.1 Å². The van der Waals surface area contributed by atoms with Crippen LogP contribution >= 0.6 is 0 Å². The summed E-state index contributed by atoms with van der Waals surface area (Å²) in [5.41, 5.74) is 0.0597. The summed E-state index contributed by atoms with van der Waals surface area (Å²) >= 11 is 0. The Labute approximate surface area is 126 Å². The summed E-state index contributed by atoms with van der Waals surface area (Å²) in [5.74, 6) is 0. The summed E-state index contributed by atoms with van der Waals surface area (Å²) in [4.78, 5) is 18.3. The van der Waals surface area contributed by atoms with E-state index >= 15 is 0 Å². The molecule has 1 aliphatic rings. The zero-order valence-corrected chi connectivity index (χ0v) is 13.3. The van der Waals surface area contributed by atoms with E-state index in [1.807, 2.05) is 39.0 Å². The SMILES string of the molecule is COC1(c2ccccn2)CCN(C(=O)OC(C)(C)C)CC1. The molecule has 1 aliphatic heterocycles. The number of pyridine rings is 1. The van der Waals surface area contributed by atoms with Crippen molar-refractivity contribution in [3.05, 3.63) is 30.1 Å². The van der Waals surface area contributed by atoms with Crippen molar-refractivity contribution in [3.8, 4) is 0 Å². The van der Waals surface area contributed by atoms with Gasteiger partial charge >= 0.3 is 6.09 Å². The molecular formula is C16H24N2O3. The molecule has 116 valence electrons. The van der Waals surface area contributed by atoms with Crippen molar-refractivity contribution >= 4 is 6.09 Å². The molecule has 0 atom stereocenters. The van der Waals surface area contributed by atoms with Gasteiger partial charge in [0.2, 0.25) is 0 Å². The zero-order chi connectivity index (χ0) is 15.5. The topological polar surface area (TPSA) is 51.7 Å². The number of aromatic nitrogens is 1. The van der Waals surface area contributed by atoms with Crippen molar-refractivity contribution in [2.75, 3.05) is 20.2 Å². The molecule has 1 aromatic rings. The number of carbonyl (C=O) groups is 1. The molecule has 1 fully saturated rings. The third-order valence-electron chi connectivity index (χ3n) is 3.75. The maximum Gasteiger partial charge on any atom is 0.410 e. The predicted octanol–water partition coefficient (Wildman–Crippen LogP) is 2.95. The first kappa shape index (κ1) is 15.8. The van der Waals surface area contributed by atoms with Crippen LogP contribution < -0.4 is 0 Å². The zero-order valence-electron chi connectivity index (χ0n) is 13.3. The minimum atomic E-state index is -0.464. The Balaban J connectivity index is 2.03. The molecule has 1 amide bonds. The van der Waals surface area contributed by atoms with E-state index in [0.29, 0.717) is 13.1 Å². The van der Waals surface area contributed by atoms with Crippen molar-refractivity contribution in [2.45, 2.75) is 44.8 Å². The van der Waals surface area contributed by atoms with Gasteiger partial charge in [0, 0.05) is 26.4 Å². The van der Waals surface area contributed by atoms with Crippen LogP contribution in [0.3, 0.4) is 0 Å². The molecule has 0 spiro atoms. The van der Waals surface area contributed by atoms with Crippen LogP contribution in [0.5, 0.6) is 0 Å². The highest BCUT2D eigenvalue weighted by Gasteiger charge is 2.39. The summed E-state index contributed by atoms with van der Waals surface area (Å²) in [6.07, 6.45) is 2.96. The first-order valence-electron chi connectivity index (χ1n) is 7.31. The molecular weight excluding hydrogens is 268 g/mol. The predicted molar refractivity (Wildman–Crippen MR) is 80.0 cm³/mol. The van der Waals surface area contributed by atoms with Crippen LogP contribution in [-0.4, -0.2) is 41.8 Å². The molecule has 0 unspecified atom stereocenters. The van der Waals surface area contributed by atoms with E-state index in [1.54, 1.807) is 18.2 Å². The molecule has 5 heteroatoms. The van der Waals surface area contributed by atoms with Crippen LogP contribution in [0, 0.1) is 0 Å². The molecule has 2 heterocycles. The van der Waals surface area contributed by atoms with Gasteiger partial charge in [-0.3, -0.25) is 4.98 Å². The van der Waals surface area contributed by atoms with Gasteiger partial charge in [0.15, 0.2) is 0 Å². The lowest BCUT2D eigenvalue weighted by Crippen LogP contribution is -2.47. The summed E-state index contributed by atoms with van der Waals surface area (Å²) in [6, 6.07) is 5.83. The van der Waals surface area contributed by atoms with Crippen LogP contribution in [0.1, 0.15) is 39.3 Å². The Hall–Kier alpha value is -1.62. The molecule has 0 bridgehead atoms. The Morgan fingerprint density at radius 1 is 1.29 bits per heavy atom. The summed E-state index contributed by atoms with van der Waals surface area (Å²) in [6.45, 7) is 6.85. The Morgan fingerprint density at radius 3 is 2.43 bits per heavy atom. The quantitative estimate of drug-likeness (QED) is 0.841. The second kappa shape index (κ2) is 6.02. The number of methoxy groups -OCH3 is 1. The molecule has 0 aromatic carbocycles. The lowest BCUT2D eigenvalue weighted by molar-refractivity contribution is -0.0677. The lowest BCUT2D eigenvalue weighted by Gasteiger charge is -2.40. The normalized spacial score (nSPS) is 18.4. The van der Waals surface area contributed by atoms with Crippen molar-refractivity contribution in [1.29, 1.82) is 0 Å². The molecule has 1 aromatic heterocycles. The Morgan fingerprint density at radius 2 is 1.95 bits per heavy atom. The molecule has 21 heavy (non-hydrogen) atoms. The highest BCUT2D eigenvalue weighted by molar-refractivity contribution is 5.68. The van der Waals surface area contributed by atoms with Gasteiger partial charge in [-0.1, -0.05) is 6.07 Å². The molecule has 1 saturated heterocycles. The second-order valence-electron chi connectivity index (χ2n) is 6.38. The fourth-order valence-corrected chi connectivity index (χ4v) is 2.57. The standard InChI is InChI=1S/C16H24N2O3/c1-15(2,3)21-14(19)18-11-8-16(20-4,9-12-18)13-7-5-6-10-17-13/h5-7,10H,8-9,11-12H2,1-4H3. The van der Waals surface area contributed by atoms with E-state index in [-0.39, 0.29) is 6.09 Å². The van der Waals surface area contributed by atoms with Gasteiger partial charge in [-0.2, -0.15) is 0 Å². The lowest BCUT2D eigenvalue weighted by atomic mass is 9.87. The summed E-state index contributed by atoms with van der Waals surface area (Å²) in [7, 11) is 1.71. The number of piperidine rings is 1. The average molecular weight is 292 g/mol. The van der Waals surface area contributed by atoms with Gasteiger partial charge in [-0.25, -0.2) is 4.79 Å². The van der Waals surface area contributed by atoms with Gasteiger partial charge in [-0.15, -0.1) is 0 Å². The summed E-state index contributed by atoms with van der Waals surface area (Å²) in [5, 5.41) is 0. The number of hydrogen-bond acceptors (Lipinski definition) is 4. The molecule has 0 aliphatic carbocycles. The number of rotatable bonds is 2. The Bertz CT molecular complexity index is 474. The maximum absolute atomic E-state index is 12.1. The number of ether oxygens (including phenoxy) is 2. The monoisotopic (exact) mass is 292 g/mol. The number of hydrogen-bond donors (Lipinski definition) is 0. The van der Waals surface area contributed by atoms with Crippen molar-refractivity contribution in [3.63, 3.8) is 0 Å². The van der Waals surface area contributed by atoms with Gasteiger partial charge < -0.3 is 14.4 Å². The smallest absolute Gasteiger partial charge is 0.410 e.